The lowest BCUT2D eigenvalue weighted by Gasteiger charge is -2.13. The summed E-state index contributed by atoms with van der Waals surface area (Å²) in [6.45, 7) is 4.53. The number of fused-ring (bicyclic) bond motifs is 3. The average Bonchev–Trinajstić information content (AvgIpc) is 3.37. The van der Waals surface area contributed by atoms with Crippen LogP contribution in [0.15, 0.2) is 68.2 Å². The second-order valence-corrected chi connectivity index (χ2v) is 10.7. The maximum absolute atomic E-state index is 3.69. The van der Waals surface area contributed by atoms with Gasteiger partial charge < -0.3 is 4.57 Å². The van der Waals surface area contributed by atoms with Crippen molar-refractivity contribution in [1.82, 2.24) is 4.57 Å². The van der Waals surface area contributed by atoms with E-state index in [0.717, 1.165) is 8.95 Å². The van der Waals surface area contributed by atoms with E-state index in [9.17, 15) is 0 Å². The van der Waals surface area contributed by atoms with Crippen LogP contribution in [-0.2, 0) is 0 Å². The van der Waals surface area contributed by atoms with Crippen LogP contribution >= 0.6 is 54.5 Å². The summed E-state index contributed by atoms with van der Waals surface area (Å²) in [6.07, 6.45) is 0. The van der Waals surface area contributed by atoms with E-state index in [1.54, 1.807) is 22.7 Å². The van der Waals surface area contributed by atoms with Crippen molar-refractivity contribution >= 4 is 76.3 Å². The van der Waals surface area contributed by atoms with Gasteiger partial charge in [0, 0.05) is 46.5 Å². The molecule has 0 aliphatic heterocycles. The molecule has 5 rings (SSSR count). The molecule has 0 saturated carbocycles. The number of halogens is 2. The van der Waals surface area contributed by atoms with E-state index in [4.69, 9.17) is 0 Å². The summed E-state index contributed by atoms with van der Waals surface area (Å²) in [7, 11) is 0. The third-order valence-electron chi connectivity index (χ3n) is 5.08. The lowest BCUT2D eigenvalue weighted by molar-refractivity contribution is 0.642. The molecule has 1 nitrogen and oxygen atoms in total. The molecule has 3 aromatic heterocycles. The van der Waals surface area contributed by atoms with Gasteiger partial charge in [0.05, 0.1) is 0 Å². The van der Waals surface area contributed by atoms with E-state index >= 15 is 0 Å². The van der Waals surface area contributed by atoms with Crippen LogP contribution in [0.5, 0.6) is 0 Å². The quantitative estimate of drug-likeness (QED) is 0.219. The predicted octanol–water partition coefficient (Wildman–Crippen LogP) is 9.36. The molecule has 3 heterocycles. The van der Waals surface area contributed by atoms with Crippen molar-refractivity contribution in [3.8, 4) is 20.9 Å². The Hall–Kier alpha value is -1.40. The van der Waals surface area contributed by atoms with Crippen molar-refractivity contribution in [3.05, 3.63) is 68.2 Å². The molecule has 0 radical (unpaired) electrons. The summed E-state index contributed by atoms with van der Waals surface area (Å²) < 4.78 is 4.79. The first-order chi connectivity index (χ1) is 13.5. The summed E-state index contributed by atoms with van der Waals surface area (Å²) in [6, 6.07) is 18.3. The van der Waals surface area contributed by atoms with Crippen LogP contribution in [0, 0.1) is 0 Å². The fourth-order valence-electron chi connectivity index (χ4n) is 3.89. The van der Waals surface area contributed by atoms with Crippen LogP contribution in [0.3, 0.4) is 0 Å². The molecule has 0 fully saturated rings. The van der Waals surface area contributed by atoms with E-state index in [0.29, 0.717) is 6.04 Å². The molecular weight excluding hydrogens is 514 g/mol. The van der Waals surface area contributed by atoms with Crippen LogP contribution < -0.4 is 0 Å². The van der Waals surface area contributed by atoms with Gasteiger partial charge in [-0.2, -0.15) is 0 Å². The number of hydrogen-bond donors (Lipinski definition) is 0. The molecule has 0 spiro atoms. The topological polar surface area (TPSA) is 4.93 Å². The summed E-state index contributed by atoms with van der Waals surface area (Å²) in [4.78, 5) is 2.57. The largest absolute Gasteiger partial charge is 0.338 e. The van der Waals surface area contributed by atoms with Gasteiger partial charge in [-0.1, -0.05) is 24.3 Å². The van der Waals surface area contributed by atoms with Crippen LogP contribution in [0.1, 0.15) is 19.9 Å². The smallest absolute Gasteiger partial charge is 0.0500 e. The predicted molar refractivity (Wildman–Crippen MR) is 132 cm³/mol. The Bertz CT molecular complexity index is 1230. The van der Waals surface area contributed by atoms with Gasteiger partial charge in [0.1, 0.15) is 0 Å². The molecule has 140 valence electrons. The maximum atomic E-state index is 3.69. The normalized spacial score (nSPS) is 11.9. The molecule has 28 heavy (non-hydrogen) atoms. The Morgan fingerprint density at radius 2 is 1.18 bits per heavy atom. The van der Waals surface area contributed by atoms with Gasteiger partial charge in [0.25, 0.3) is 0 Å². The van der Waals surface area contributed by atoms with E-state index < -0.39 is 0 Å². The van der Waals surface area contributed by atoms with Crippen LogP contribution in [0.25, 0.3) is 42.7 Å². The zero-order valence-electron chi connectivity index (χ0n) is 15.4. The molecular formula is C23H17Br2NS2. The summed E-state index contributed by atoms with van der Waals surface area (Å²) in [5.74, 6) is 0. The molecule has 0 N–H and O–H groups in total. The molecule has 2 aromatic carbocycles. The van der Waals surface area contributed by atoms with Crippen molar-refractivity contribution in [1.29, 1.82) is 0 Å². The van der Waals surface area contributed by atoms with Gasteiger partial charge in [-0.25, -0.2) is 0 Å². The van der Waals surface area contributed by atoms with Gasteiger partial charge in [0.2, 0.25) is 0 Å². The molecule has 0 unspecified atom stereocenters. The van der Waals surface area contributed by atoms with E-state index in [1.165, 1.54) is 42.7 Å². The highest BCUT2D eigenvalue weighted by Gasteiger charge is 2.16. The third-order valence-corrected chi connectivity index (χ3v) is 8.85. The highest BCUT2D eigenvalue weighted by atomic mass is 79.9. The number of hydrogen-bond acceptors (Lipinski definition) is 2. The number of benzene rings is 2. The molecule has 0 saturated heterocycles. The minimum absolute atomic E-state index is 0.379. The minimum Gasteiger partial charge on any atom is -0.338 e. The molecule has 0 amide bonds. The fourth-order valence-corrected chi connectivity index (χ4v) is 7.09. The second kappa shape index (κ2) is 7.13. The summed E-state index contributed by atoms with van der Waals surface area (Å²) in [5, 5.41) is 6.90. The highest BCUT2D eigenvalue weighted by Crippen LogP contribution is 2.41. The zero-order chi connectivity index (χ0) is 19.4. The van der Waals surface area contributed by atoms with Gasteiger partial charge in [-0.05, 0) is 91.9 Å². The molecule has 5 aromatic rings. The number of nitrogens with zero attached hydrogens (tertiary/aromatic N) is 1. The molecule has 0 aliphatic carbocycles. The van der Waals surface area contributed by atoms with Crippen molar-refractivity contribution in [3.63, 3.8) is 0 Å². The van der Waals surface area contributed by atoms with Crippen LogP contribution in [0.4, 0.5) is 0 Å². The third kappa shape index (κ3) is 2.91. The van der Waals surface area contributed by atoms with Gasteiger partial charge in [0.15, 0.2) is 0 Å². The second-order valence-electron chi connectivity index (χ2n) is 7.12. The minimum atomic E-state index is 0.379. The summed E-state index contributed by atoms with van der Waals surface area (Å²) in [5.41, 5.74) is 5.12. The Morgan fingerprint density at radius 1 is 0.714 bits per heavy atom. The van der Waals surface area contributed by atoms with Gasteiger partial charge >= 0.3 is 0 Å². The van der Waals surface area contributed by atoms with Crippen molar-refractivity contribution < 1.29 is 0 Å². The number of rotatable bonds is 3. The Balaban J connectivity index is 1.81. The summed E-state index contributed by atoms with van der Waals surface area (Å²) >= 11 is 10.9. The molecule has 5 heteroatoms. The van der Waals surface area contributed by atoms with E-state index in [1.807, 2.05) is 0 Å². The first-order valence-electron chi connectivity index (χ1n) is 9.09. The van der Waals surface area contributed by atoms with Crippen LogP contribution in [0.2, 0.25) is 0 Å². The molecule has 0 atom stereocenters. The average molecular weight is 531 g/mol. The lowest BCUT2D eigenvalue weighted by Crippen LogP contribution is -2.00. The molecule has 0 bridgehead atoms. The Kier molecular flexibility index (Phi) is 4.74. The van der Waals surface area contributed by atoms with Crippen molar-refractivity contribution in [2.45, 2.75) is 19.9 Å². The van der Waals surface area contributed by atoms with E-state index in [2.05, 4.69) is 110 Å². The maximum Gasteiger partial charge on any atom is 0.0500 e. The van der Waals surface area contributed by atoms with Gasteiger partial charge in [-0.15, -0.1) is 22.7 Å². The van der Waals surface area contributed by atoms with Crippen molar-refractivity contribution in [2.24, 2.45) is 0 Å². The standard InChI is InChI=1S/C23H17Br2NS2/c1-13(2)26-20-11-14(22-18(24)7-9-27-22)3-5-16(20)17-6-4-15(12-21(17)26)23-19(25)8-10-28-23/h3-13H,1-2H3. The SMILES string of the molecule is CC(C)n1c2cc(-c3sccc3Br)ccc2c2ccc(-c3sccc3Br)cc21. The lowest BCUT2D eigenvalue weighted by atomic mass is 10.1. The van der Waals surface area contributed by atoms with Crippen molar-refractivity contribution in [2.75, 3.05) is 0 Å². The van der Waals surface area contributed by atoms with Crippen LogP contribution in [-0.4, -0.2) is 4.57 Å². The van der Waals surface area contributed by atoms with Gasteiger partial charge in [-0.3, -0.25) is 0 Å². The number of thiophene rings is 2. The molecule has 0 aliphatic rings. The first kappa shape index (κ1) is 18.6. The number of aromatic nitrogens is 1. The zero-order valence-corrected chi connectivity index (χ0v) is 20.2. The monoisotopic (exact) mass is 529 g/mol. The fraction of sp³-hybridized carbons (Fsp3) is 0.130. The highest BCUT2D eigenvalue weighted by molar-refractivity contribution is 9.11. The van der Waals surface area contributed by atoms with E-state index in [-0.39, 0.29) is 0 Å². The Labute approximate surface area is 188 Å². The Morgan fingerprint density at radius 3 is 1.54 bits per heavy atom. The first-order valence-corrected chi connectivity index (χ1v) is 12.4.